The van der Waals surface area contributed by atoms with Gasteiger partial charge in [0.1, 0.15) is 0 Å². The van der Waals surface area contributed by atoms with Gasteiger partial charge in [0.25, 0.3) is 0 Å². The molecule has 0 spiro atoms. The van der Waals surface area contributed by atoms with E-state index in [0.717, 1.165) is 45.0 Å². The Bertz CT molecular complexity index is 731. The van der Waals surface area contributed by atoms with E-state index in [1.54, 1.807) is 0 Å². The minimum Gasteiger partial charge on any atom is -0.374 e. The zero-order valence-electron chi connectivity index (χ0n) is 18.0. The van der Waals surface area contributed by atoms with Gasteiger partial charge < -0.3 is 19.5 Å². The molecule has 6 heteroatoms. The highest BCUT2D eigenvalue weighted by Crippen LogP contribution is 2.27. The third-order valence-corrected chi connectivity index (χ3v) is 5.66. The highest BCUT2D eigenvalue weighted by atomic mass is 16.5. The van der Waals surface area contributed by atoms with Gasteiger partial charge in [0.15, 0.2) is 5.96 Å². The SMILES string of the molecule is CCNC(=NCCCOC(C)c1ccccc1)N1CCC(C)C(n2ccnc2)C1. The van der Waals surface area contributed by atoms with E-state index in [0.29, 0.717) is 18.6 Å². The lowest BCUT2D eigenvalue weighted by Gasteiger charge is -2.39. The van der Waals surface area contributed by atoms with E-state index in [4.69, 9.17) is 9.73 Å². The van der Waals surface area contributed by atoms with E-state index in [1.807, 2.05) is 18.6 Å². The Hall–Kier alpha value is -2.34. The molecule has 0 saturated carbocycles. The second-order valence-electron chi connectivity index (χ2n) is 7.80. The molecular formula is C23H35N5O. The molecule has 0 amide bonds. The highest BCUT2D eigenvalue weighted by Gasteiger charge is 2.28. The number of aliphatic imine (C=N–C) groups is 1. The van der Waals surface area contributed by atoms with Crippen molar-refractivity contribution in [2.45, 2.75) is 45.8 Å². The summed E-state index contributed by atoms with van der Waals surface area (Å²) in [7, 11) is 0. The molecule has 2 heterocycles. The van der Waals surface area contributed by atoms with Crippen LogP contribution in [0.4, 0.5) is 0 Å². The van der Waals surface area contributed by atoms with Gasteiger partial charge in [-0.15, -0.1) is 0 Å². The zero-order chi connectivity index (χ0) is 20.5. The lowest BCUT2D eigenvalue weighted by Crippen LogP contribution is -2.49. The molecule has 1 aromatic heterocycles. The van der Waals surface area contributed by atoms with Crippen molar-refractivity contribution >= 4 is 5.96 Å². The largest absolute Gasteiger partial charge is 0.374 e. The number of hydrogen-bond acceptors (Lipinski definition) is 3. The van der Waals surface area contributed by atoms with Crippen molar-refractivity contribution in [2.24, 2.45) is 10.9 Å². The first-order chi connectivity index (χ1) is 14.2. The van der Waals surface area contributed by atoms with Crippen molar-refractivity contribution in [1.82, 2.24) is 19.8 Å². The van der Waals surface area contributed by atoms with Crippen LogP contribution in [0, 0.1) is 5.92 Å². The number of nitrogens with one attached hydrogen (secondary N) is 1. The predicted octanol–water partition coefficient (Wildman–Crippen LogP) is 3.90. The van der Waals surface area contributed by atoms with E-state index in [1.165, 1.54) is 5.56 Å². The van der Waals surface area contributed by atoms with Crippen molar-refractivity contribution in [2.75, 3.05) is 32.8 Å². The number of ether oxygens (including phenoxy) is 1. The zero-order valence-corrected chi connectivity index (χ0v) is 18.0. The van der Waals surface area contributed by atoms with E-state index < -0.39 is 0 Å². The highest BCUT2D eigenvalue weighted by molar-refractivity contribution is 5.80. The quantitative estimate of drug-likeness (QED) is 0.417. The van der Waals surface area contributed by atoms with E-state index in [9.17, 15) is 0 Å². The monoisotopic (exact) mass is 397 g/mol. The van der Waals surface area contributed by atoms with Crippen LogP contribution in [0.5, 0.6) is 0 Å². The fraction of sp³-hybridized carbons (Fsp3) is 0.565. The molecule has 2 aromatic rings. The molecule has 3 atom stereocenters. The summed E-state index contributed by atoms with van der Waals surface area (Å²) < 4.78 is 8.22. The number of likely N-dealkylation sites (tertiary alicyclic amines) is 1. The van der Waals surface area contributed by atoms with Crippen molar-refractivity contribution in [3.63, 3.8) is 0 Å². The summed E-state index contributed by atoms with van der Waals surface area (Å²) in [6.07, 6.45) is 8.06. The molecule has 0 bridgehead atoms. The van der Waals surface area contributed by atoms with Gasteiger partial charge in [-0.1, -0.05) is 37.3 Å². The Morgan fingerprint density at radius 1 is 1.34 bits per heavy atom. The molecule has 1 fully saturated rings. The lowest BCUT2D eigenvalue weighted by atomic mass is 9.93. The molecule has 0 radical (unpaired) electrons. The molecule has 3 rings (SSSR count). The van der Waals surface area contributed by atoms with Crippen molar-refractivity contribution < 1.29 is 4.74 Å². The maximum atomic E-state index is 5.98. The standard InChI is InChI=1S/C23H35N5O/c1-4-25-23(26-12-8-16-29-20(3)21-9-6-5-7-10-21)27-14-11-19(2)22(17-27)28-15-13-24-18-28/h5-7,9-10,13,15,18-20,22H,4,8,11-12,14,16-17H2,1-3H3,(H,25,26). The van der Waals surface area contributed by atoms with E-state index in [2.05, 4.69) is 71.0 Å². The number of piperidine rings is 1. The maximum absolute atomic E-state index is 5.98. The molecule has 1 saturated heterocycles. The number of hydrogen-bond donors (Lipinski definition) is 1. The van der Waals surface area contributed by atoms with Crippen LogP contribution in [0.3, 0.4) is 0 Å². The first kappa shape index (κ1) is 21.4. The smallest absolute Gasteiger partial charge is 0.193 e. The summed E-state index contributed by atoms with van der Waals surface area (Å²) >= 11 is 0. The maximum Gasteiger partial charge on any atom is 0.193 e. The summed E-state index contributed by atoms with van der Waals surface area (Å²) in [6, 6.07) is 10.8. The number of aromatic nitrogens is 2. The molecule has 1 aromatic carbocycles. The van der Waals surface area contributed by atoms with E-state index >= 15 is 0 Å². The lowest BCUT2D eigenvalue weighted by molar-refractivity contribution is 0.0651. The summed E-state index contributed by atoms with van der Waals surface area (Å²) in [4.78, 5) is 11.5. The number of nitrogens with zero attached hydrogens (tertiary/aromatic N) is 4. The molecule has 0 aliphatic carbocycles. The molecule has 1 N–H and O–H groups in total. The van der Waals surface area contributed by atoms with Gasteiger partial charge in [0.05, 0.1) is 18.5 Å². The Morgan fingerprint density at radius 2 is 2.17 bits per heavy atom. The second kappa shape index (κ2) is 11.0. The van der Waals surface area contributed by atoms with Crippen molar-refractivity contribution in [3.8, 4) is 0 Å². The van der Waals surface area contributed by atoms with Crippen molar-refractivity contribution in [3.05, 3.63) is 54.6 Å². The van der Waals surface area contributed by atoms with Gasteiger partial charge in [-0.3, -0.25) is 4.99 Å². The van der Waals surface area contributed by atoms with Crippen molar-refractivity contribution in [1.29, 1.82) is 0 Å². The molecule has 1 aliphatic heterocycles. The van der Waals surface area contributed by atoms with Crippen LogP contribution in [0.1, 0.15) is 51.3 Å². The minimum atomic E-state index is 0.118. The second-order valence-corrected chi connectivity index (χ2v) is 7.80. The first-order valence-electron chi connectivity index (χ1n) is 10.9. The third-order valence-electron chi connectivity index (χ3n) is 5.66. The van der Waals surface area contributed by atoms with Gasteiger partial charge >= 0.3 is 0 Å². The Labute approximate surface area is 175 Å². The van der Waals surface area contributed by atoms with Crippen LogP contribution in [0.15, 0.2) is 54.0 Å². The molecule has 1 aliphatic rings. The van der Waals surface area contributed by atoms with E-state index in [-0.39, 0.29) is 6.10 Å². The summed E-state index contributed by atoms with van der Waals surface area (Å²) in [6.45, 7) is 10.9. The third kappa shape index (κ3) is 6.07. The summed E-state index contributed by atoms with van der Waals surface area (Å²) in [5.74, 6) is 1.65. The fourth-order valence-electron chi connectivity index (χ4n) is 3.85. The Morgan fingerprint density at radius 3 is 2.90 bits per heavy atom. The first-order valence-corrected chi connectivity index (χ1v) is 10.9. The summed E-state index contributed by atoms with van der Waals surface area (Å²) in [5, 5.41) is 3.47. The minimum absolute atomic E-state index is 0.118. The molecule has 29 heavy (non-hydrogen) atoms. The van der Waals surface area contributed by atoms with Gasteiger partial charge in [0, 0.05) is 45.2 Å². The fourth-order valence-corrected chi connectivity index (χ4v) is 3.85. The van der Waals surface area contributed by atoms with Gasteiger partial charge in [-0.2, -0.15) is 0 Å². The van der Waals surface area contributed by atoms with Crippen LogP contribution >= 0.6 is 0 Å². The van der Waals surface area contributed by atoms with Gasteiger partial charge in [-0.05, 0) is 38.2 Å². The molecule has 3 unspecified atom stereocenters. The summed E-state index contributed by atoms with van der Waals surface area (Å²) in [5.41, 5.74) is 1.22. The van der Waals surface area contributed by atoms with Gasteiger partial charge in [-0.25, -0.2) is 4.98 Å². The van der Waals surface area contributed by atoms with Crippen LogP contribution in [-0.2, 0) is 4.74 Å². The van der Waals surface area contributed by atoms with Crippen LogP contribution in [-0.4, -0.2) is 53.2 Å². The Kier molecular flexibility index (Phi) is 8.11. The average Bonchev–Trinajstić information content (AvgIpc) is 3.28. The topological polar surface area (TPSA) is 54.7 Å². The molecular weight excluding hydrogens is 362 g/mol. The number of imidazole rings is 1. The molecule has 6 nitrogen and oxygen atoms in total. The predicted molar refractivity (Wildman–Crippen MR) is 118 cm³/mol. The average molecular weight is 398 g/mol. The number of guanidine groups is 1. The van der Waals surface area contributed by atoms with Gasteiger partial charge in [0.2, 0.25) is 0 Å². The normalized spacial score (nSPS) is 21.2. The van der Waals surface area contributed by atoms with Crippen LogP contribution in [0.25, 0.3) is 0 Å². The van der Waals surface area contributed by atoms with Crippen LogP contribution in [0.2, 0.25) is 0 Å². The number of rotatable bonds is 8. The number of benzene rings is 1. The Balaban J connectivity index is 1.50. The molecule has 158 valence electrons. The van der Waals surface area contributed by atoms with Crippen LogP contribution < -0.4 is 5.32 Å².